The lowest BCUT2D eigenvalue weighted by molar-refractivity contribution is -0.120. The third-order valence-corrected chi connectivity index (χ3v) is 7.16. The Kier molecular flexibility index (Phi) is 6.27. The Bertz CT molecular complexity index is 1180. The van der Waals surface area contributed by atoms with Crippen molar-refractivity contribution in [1.29, 1.82) is 5.26 Å². The summed E-state index contributed by atoms with van der Waals surface area (Å²) in [5.41, 5.74) is 3.28. The summed E-state index contributed by atoms with van der Waals surface area (Å²) < 4.78 is 26.7. The van der Waals surface area contributed by atoms with Crippen LogP contribution in [0.2, 0.25) is 0 Å². The molecule has 1 aromatic carbocycles. The molecule has 1 amide bonds. The minimum atomic E-state index is -3.52. The van der Waals surface area contributed by atoms with E-state index in [-0.39, 0.29) is 30.2 Å². The highest BCUT2D eigenvalue weighted by Crippen LogP contribution is 2.29. The maximum atomic E-state index is 12.7. The van der Waals surface area contributed by atoms with E-state index in [2.05, 4.69) is 10.3 Å². The summed E-state index contributed by atoms with van der Waals surface area (Å²) in [5.74, 6) is -0.460. The molecule has 158 valence electrons. The third kappa shape index (κ3) is 4.39. The lowest BCUT2D eigenvalue weighted by atomic mass is 9.99. The Hall–Kier alpha value is -3.12. The quantitative estimate of drug-likeness (QED) is 0.688. The van der Waals surface area contributed by atoms with Gasteiger partial charge in [-0.25, -0.2) is 8.42 Å². The number of aromatic amines is 1. The molecule has 0 unspecified atom stereocenters. The van der Waals surface area contributed by atoms with E-state index in [1.807, 2.05) is 24.3 Å². The number of nitriles is 1. The molecule has 0 fully saturated rings. The molecule has 0 saturated carbocycles. The van der Waals surface area contributed by atoms with Crippen LogP contribution in [-0.4, -0.2) is 38.2 Å². The molecule has 0 spiro atoms. The van der Waals surface area contributed by atoms with Crippen molar-refractivity contribution in [3.8, 4) is 6.07 Å². The second-order valence-corrected chi connectivity index (χ2v) is 9.30. The Morgan fingerprint density at radius 3 is 2.77 bits per heavy atom. The SMILES string of the molecule is Cc1[nH]c(=O)c(C#N)c(C)c1CCC(=O)NCCS(=O)(=O)N1CCc2ccccc21. The van der Waals surface area contributed by atoms with Gasteiger partial charge in [-0.15, -0.1) is 0 Å². The van der Waals surface area contributed by atoms with Gasteiger partial charge in [0.2, 0.25) is 15.9 Å². The number of hydrogen-bond donors (Lipinski definition) is 2. The number of H-pyrrole nitrogens is 1. The first-order chi connectivity index (χ1) is 14.2. The van der Waals surface area contributed by atoms with E-state index in [1.54, 1.807) is 19.9 Å². The van der Waals surface area contributed by atoms with Gasteiger partial charge in [0.25, 0.3) is 5.56 Å². The summed E-state index contributed by atoms with van der Waals surface area (Å²) >= 11 is 0. The zero-order valence-electron chi connectivity index (χ0n) is 17.0. The number of anilines is 1. The molecule has 8 nitrogen and oxygen atoms in total. The van der Waals surface area contributed by atoms with Crippen LogP contribution < -0.4 is 15.2 Å². The Balaban J connectivity index is 1.55. The van der Waals surface area contributed by atoms with E-state index in [9.17, 15) is 18.0 Å². The summed E-state index contributed by atoms with van der Waals surface area (Å²) in [6.45, 7) is 3.85. The van der Waals surface area contributed by atoms with Crippen molar-refractivity contribution in [3.63, 3.8) is 0 Å². The van der Waals surface area contributed by atoms with Crippen LogP contribution in [0.5, 0.6) is 0 Å². The van der Waals surface area contributed by atoms with Crippen LogP contribution in [0.4, 0.5) is 5.69 Å². The lowest BCUT2D eigenvalue weighted by Gasteiger charge is -2.19. The highest BCUT2D eigenvalue weighted by molar-refractivity contribution is 7.92. The number of sulfonamides is 1. The van der Waals surface area contributed by atoms with Crippen molar-refractivity contribution in [2.45, 2.75) is 33.1 Å². The van der Waals surface area contributed by atoms with Gasteiger partial charge in [0.1, 0.15) is 11.6 Å². The minimum Gasteiger partial charge on any atom is -0.355 e. The molecule has 2 heterocycles. The van der Waals surface area contributed by atoms with Gasteiger partial charge in [-0.05, 0) is 49.4 Å². The Labute approximate surface area is 175 Å². The molecule has 2 aromatic rings. The van der Waals surface area contributed by atoms with E-state index < -0.39 is 15.6 Å². The summed E-state index contributed by atoms with van der Waals surface area (Å²) in [6, 6.07) is 9.31. The number of para-hydroxylation sites is 1. The molecule has 1 aliphatic rings. The number of rotatable bonds is 7. The third-order valence-electron chi connectivity index (χ3n) is 5.38. The fourth-order valence-corrected chi connectivity index (χ4v) is 5.20. The van der Waals surface area contributed by atoms with Gasteiger partial charge in [-0.2, -0.15) is 5.26 Å². The normalized spacial score (nSPS) is 13.0. The van der Waals surface area contributed by atoms with Crippen LogP contribution in [-0.2, 0) is 27.7 Å². The summed E-state index contributed by atoms with van der Waals surface area (Å²) in [5, 5.41) is 11.8. The fraction of sp³-hybridized carbons (Fsp3) is 0.381. The number of nitrogens with zero attached hydrogens (tertiary/aromatic N) is 2. The maximum Gasteiger partial charge on any atom is 0.266 e. The van der Waals surface area contributed by atoms with Crippen LogP contribution >= 0.6 is 0 Å². The fourth-order valence-electron chi connectivity index (χ4n) is 3.77. The predicted molar refractivity (Wildman–Crippen MR) is 114 cm³/mol. The number of aromatic nitrogens is 1. The molecule has 1 aromatic heterocycles. The lowest BCUT2D eigenvalue weighted by Crippen LogP contribution is -2.37. The van der Waals surface area contributed by atoms with E-state index in [0.717, 1.165) is 11.1 Å². The molecule has 3 rings (SSSR count). The Morgan fingerprint density at radius 2 is 2.03 bits per heavy atom. The van der Waals surface area contributed by atoms with Crippen molar-refractivity contribution in [2.24, 2.45) is 0 Å². The van der Waals surface area contributed by atoms with Crippen molar-refractivity contribution in [3.05, 3.63) is 62.6 Å². The number of benzene rings is 1. The molecule has 0 saturated heterocycles. The first-order valence-corrected chi connectivity index (χ1v) is 11.3. The molecule has 1 aliphatic heterocycles. The molecule has 0 aliphatic carbocycles. The number of hydrogen-bond acceptors (Lipinski definition) is 5. The van der Waals surface area contributed by atoms with Gasteiger partial charge in [-0.3, -0.25) is 13.9 Å². The average molecular weight is 429 g/mol. The molecule has 2 N–H and O–H groups in total. The Morgan fingerprint density at radius 1 is 1.30 bits per heavy atom. The first-order valence-electron chi connectivity index (χ1n) is 9.72. The van der Waals surface area contributed by atoms with Gasteiger partial charge in [0.05, 0.1) is 11.4 Å². The standard InChI is InChI=1S/C21H24N4O4S/c1-14-17(15(2)24-21(27)18(14)13-22)7-8-20(26)23-10-12-30(28,29)25-11-9-16-5-3-4-6-19(16)25/h3-6H,7-12H2,1-2H3,(H,23,26)(H,24,27). The molecule has 0 atom stereocenters. The highest BCUT2D eigenvalue weighted by Gasteiger charge is 2.28. The van der Waals surface area contributed by atoms with Crippen LogP contribution in [0.25, 0.3) is 0 Å². The molecule has 0 radical (unpaired) electrons. The number of carbonyl (C=O) groups is 1. The van der Waals surface area contributed by atoms with Crippen molar-refractivity contribution < 1.29 is 13.2 Å². The van der Waals surface area contributed by atoms with Gasteiger partial charge < -0.3 is 10.3 Å². The largest absolute Gasteiger partial charge is 0.355 e. The first kappa shape index (κ1) is 21.6. The number of carbonyl (C=O) groups excluding carboxylic acids is 1. The van der Waals surface area contributed by atoms with Crippen LogP contribution in [0, 0.1) is 25.2 Å². The number of nitrogens with one attached hydrogen (secondary N) is 2. The average Bonchev–Trinajstić information content (AvgIpc) is 3.13. The zero-order valence-corrected chi connectivity index (χ0v) is 17.8. The van der Waals surface area contributed by atoms with Gasteiger partial charge in [0.15, 0.2) is 0 Å². The van der Waals surface area contributed by atoms with Crippen molar-refractivity contribution in [1.82, 2.24) is 10.3 Å². The van der Waals surface area contributed by atoms with Gasteiger partial charge in [0, 0.05) is 25.2 Å². The molecular formula is C21H24N4O4S. The summed E-state index contributed by atoms with van der Waals surface area (Å²) in [7, 11) is -3.52. The van der Waals surface area contributed by atoms with Crippen molar-refractivity contribution >= 4 is 21.6 Å². The molecule has 30 heavy (non-hydrogen) atoms. The monoisotopic (exact) mass is 428 g/mol. The van der Waals surface area contributed by atoms with E-state index in [0.29, 0.717) is 36.3 Å². The highest BCUT2D eigenvalue weighted by atomic mass is 32.2. The summed E-state index contributed by atoms with van der Waals surface area (Å²) in [6.07, 6.45) is 1.16. The smallest absolute Gasteiger partial charge is 0.266 e. The van der Waals surface area contributed by atoms with Crippen LogP contribution in [0.1, 0.15) is 34.4 Å². The zero-order chi connectivity index (χ0) is 21.9. The van der Waals surface area contributed by atoms with Crippen molar-refractivity contribution in [2.75, 3.05) is 23.1 Å². The second kappa shape index (κ2) is 8.71. The van der Waals surface area contributed by atoms with Crippen LogP contribution in [0.15, 0.2) is 29.1 Å². The van der Waals surface area contributed by atoms with Crippen LogP contribution in [0.3, 0.4) is 0 Å². The molecular weight excluding hydrogens is 404 g/mol. The summed E-state index contributed by atoms with van der Waals surface area (Å²) in [4.78, 5) is 26.6. The predicted octanol–water partition coefficient (Wildman–Crippen LogP) is 1.30. The van der Waals surface area contributed by atoms with E-state index >= 15 is 0 Å². The minimum absolute atomic E-state index is 0.0207. The second-order valence-electron chi connectivity index (χ2n) is 7.29. The van der Waals surface area contributed by atoms with Gasteiger partial charge in [-0.1, -0.05) is 18.2 Å². The molecule has 9 heteroatoms. The number of aryl methyl sites for hydroxylation is 1. The number of fused-ring (bicyclic) bond motifs is 1. The number of amides is 1. The number of pyridine rings is 1. The van der Waals surface area contributed by atoms with E-state index in [4.69, 9.17) is 5.26 Å². The van der Waals surface area contributed by atoms with Gasteiger partial charge >= 0.3 is 0 Å². The maximum absolute atomic E-state index is 12.7. The topological polar surface area (TPSA) is 123 Å². The van der Waals surface area contributed by atoms with E-state index in [1.165, 1.54) is 4.31 Å². The molecule has 0 bridgehead atoms.